The van der Waals surface area contributed by atoms with Gasteiger partial charge in [-0.25, -0.2) is 24.6 Å². The second kappa shape index (κ2) is 36.0. The number of aromatic nitrogens is 13. The highest BCUT2D eigenvalue weighted by Gasteiger charge is 2.20. The van der Waals surface area contributed by atoms with Crippen molar-refractivity contribution in [3.63, 3.8) is 0 Å². The number of fused-ring (bicyclic) bond motifs is 3. The summed E-state index contributed by atoms with van der Waals surface area (Å²) in [6.07, 6.45) is 22.2. The Balaban J connectivity index is 0.000000125. The Hall–Kier alpha value is -13.5. The third-order valence-electron chi connectivity index (χ3n) is 17.2. The topological polar surface area (TPSA) is 199 Å². The predicted molar refractivity (Wildman–Crippen MR) is 436 cm³/mol. The van der Waals surface area contributed by atoms with Crippen LogP contribution in [0.1, 0.15) is 79.0 Å². The van der Waals surface area contributed by atoms with Gasteiger partial charge < -0.3 is 17.8 Å². The van der Waals surface area contributed by atoms with Crippen LogP contribution in [0, 0.1) is 0 Å². The Bertz CT molecular complexity index is 5470. The van der Waals surface area contributed by atoms with Crippen molar-refractivity contribution >= 4 is 50.9 Å². The lowest BCUT2D eigenvalue weighted by Crippen LogP contribution is -2.10. The molecule has 8 aromatic heterocycles. The van der Waals surface area contributed by atoms with E-state index in [-0.39, 0.29) is 16.2 Å². The van der Waals surface area contributed by atoms with Crippen LogP contribution in [0.2, 0.25) is 0 Å². The molecule has 0 N–H and O–H groups in total. The fourth-order valence-corrected chi connectivity index (χ4v) is 11.8. The number of para-hydroxylation sites is 5. The fourth-order valence-electron chi connectivity index (χ4n) is 11.5. The van der Waals surface area contributed by atoms with E-state index in [2.05, 4.69) is 248 Å². The van der Waals surface area contributed by atoms with Gasteiger partial charge in [-0.3, -0.25) is 14.0 Å². The predicted octanol–water partition coefficient (Wildman–Crippen LogP) is 22.9. The van der Waals surface area contributed by atoms with Crippen molar-refractivity contribution in [2.24, 2.45) is 0 Å². The van der Waals surface area contributed by atoms with Crippen LogP contribution < -0.4 is 4.90 Å². The van der Waals surface area contributed by atoms with Gasteiger partial charge in [-0.05, 0) is 147 Å². The molecule has 0 atom stereocenters. The van der Waals surface area contributed by atoms with Crippen LogP contribution in [0.3, 0.4) is 0 Å². The molecule has 0 unspecified atom stereocenters. The molecule has 18 nitrogen and oxygen atoms in total. The summed E-state index contributed by atoms with van der Waals surface area (Å²) in [5.41, 5.74) is 17.2. The molecule has 544 valence electrons. The molecule has 0 saturated heterocycles. The summed E-state index contributed by atoms with van der Waals surface area (Å²) in [5, 5.41) is 21.5. The Kier molecular flexibility index (Phi) is 24.8. The number of anilines is 3. The zero-order chi connectivity index (χ0) is 75.8. The molecule has 19 heteroatoms. The van der Waals surface area contributed by atoms with Gasteiger partial charge in [0.25, 0.3) is 0 Å². The van der Waals surface area contributed by atoms with Crippen LogP contribution in [0.4, 0.5) is 17.4 Å². The SMILES string of the molecule is CC(C)(C)c1ccc(-c2ccc(-c3nccn3-c3ccccc3)cc2)cc1.CC(C)(C)c1ccc(-c2nccn2-c2ccccc2)cc1.CC(C)(C)c1ccc2oc3ccc(-c4ncco4)cc3c2c1.c1ccc(-n2ccnn2)cc1.c1ccc(N(c2ccccc2)c2ncco2)cc1.c1conn1.c1csnn1. The van der Waals surface area contributed by atoms with E-state index in [0.717, 1.165) is 78.7 Å². The number of oxazole rings is 2. The maximum absolute atomic E-state index is 5.94. The standard InChI is InChI=1S/C25H24N2.C19H20N2.C19H17NO2.C15H12N2O.C8H7N3.C2H2N2O.C2H2N2S/c1-25(2,3)22-15-13-20(14-16-22)19-9-11-21(12-10-19)24-26-17-18-27(24)23-7-5-4-6-8-23;1-19(2,3)16-11-9-15(10-12-16)18-20-13-14-21(18)17-7-5-4-6-8-17;1-19(2,3)13-5-7-17-15(11-13)14-10-12(4-6-16(14)22-17)18-20-8-9-21-18;1-3-7-13(8-4-1)17(15-16-11-12-18-15)14-9-5-2-6-10-14;1-2-4-8(5-3-1)11-7-6-9-10-11;2*1-2-5-4-3-1/h4-18H,1-3H3;4-14H,1-3H3;4-11H,1-3H3;1-12H;1-7H;2*1-2H. The summed E-state index contributed by atoms with van der Waals surface area (Å²) >= 11 is 1.35. The van der Waals surface area contributed by atoms with Crippen molar-refractivity contribution in [2.45, 2.75) is 78.6 Å². The number of imidazole rings is 2. The van der Waals surface area contributed by atoms with Crippen molar-refractivity contribution in [3.05, 3.63) is 364 Å². The molecule has 0 amide bonds. The zero-order valence-corrected chi connectivity index (χ0v) is 63.0. The molecule has 0 aliphatic heterocycles. The molecular weight excluding hydrogens is 1370 g/mol. The molecule has 0 bridgehead atoms. The van der Waals surface area contributed by atoms with E-state index in [9.17, 15) is 0 Å². The first-order chi connectivity index (χ1) is 53.0. The Morgan fingerprint density at radius 2 is 0.817 bits per heavy atom. The third-order valence-corrected chi connectivity index (χ3v) is 17.7. The second-order valence-electron chi connectivity index (χ2n) is 27.9. The maximum atomic E-state index is 5.94. The Morgan fingerprint density at radius 3 is 1.24 bits per heavy atom. The first-order valence-electron chi connectivity index (χ1n) is 35.5. The lowest BCUT2D eigenvalue weighted by molar-refractivity contribution is 0.393. The van der Waals surface area contributed by atoms with Crippen LogP contribution in [-0.2, 0) is 16.2 Å². The van der Waals surface area contributed by atoms with Crippen molar-refractivity contribution in [1.29, 1.82) is 0 Å². The lowest BCUT2D eigenvalue weighted by atomic mass is 9.86. The average Bonchev–Trinajstić information content (AvgIpc) is 1.63. The van der Waals surface area contributed by atoms with Crippen molar-refractivity contribution in [1.82, 2.24) is 64.0 Å². The van der Waals surface area contributed by atoms with Gasteiger partial charge in [0.15, 0.2) is 0 Å². The minimum atomic E-state index is 0.109. The second-order valence-corrected chi connectivity index (χ2v) is 28.6. The van der Waals surface area contributed by atoms with E-state index in [1.54, 1.807) is 42.0 Å². The molecule has 0 spiro atoms. The minimum Gasteiger partial charge on any atom is -0.456 e. The zero-order valence-electron chi connectivity index (χ0n) is 62.2. The third kappa shape index (κ3) is 20.3. The highest BCUT2D eigenvalue weighted by Crippen LogP contribution is 2.37. The highest BCUT2D eigenvalue weighted by molar-refractivity contribution is 7.03. The molecule has 10 aromatic carbocycles. The van der Waals surface area contributed by atoms with E-state index in [0.29, 0.717) is 11.9 Å². The Morgan fingerprint density at radius 1 is 0.358 bits per heavy atom. The summed E-state index contributed by atoms with van der Waals surface area (Å²) in [5.74, 6) is 2.56. The van der Waals surface area contributed by atoms with Gasteiger partial charge in [-0.1, -0.05) is 242 Å². The average molecular weight is 1460 g/mol. The number of rotatable bonds is 10. The molecule has 0 radical (unpaired) electrons. The van der Waals surface area contributed by atoms with E-state index < -0.39 is 0 Å². The number of furan rings is 1. The van der Waals surface area contributed by atoms with Crippen LogP contribution in [0.15, 0.2) is 365 Å². The van der Waals surface area contributed by atoms with Crippen molar-refractivity contribution in [3.8, 4) is 62.4 Å². The summed E-state index contributed by atoms with van der Waals surface area (Å²) in [4.78, 5) is 19.5. The number of nitrogens with zero attached hydrogens (tertiary/aromatic N) is 14. The largest absolute Gasteiger partial charge is 0.456 e. The van der Waals surface area contributed by atoms with Gasteiger partial charge in [0, 0.05) is 74.3 Å². The van der Waals surface area contributed by atoms with Crippen LogP contribution in [-0.4, -0.2) is 64.0 Å². The molecule has 18 rings (SSSR count). The maximum Gasteiger partial charge on any atom is 0.306 e. The van der Waals surface area contributed by atoms with E-state index in [1.807, 2.05) is 181 Å². The molecule has 109 heavy (non-hydrogen) atoms. The summed E-state index contributed by atoms with van der Waals surface area (Å²) < 4.78 is 30.4. The van der Waals surface area contributed by atoms with Crippen LogP contribution >= 0.6 is 11.5 Å². The Labute approximate surface area is 638 Å². The van der Waals surface area contributed by atoms with Gasteiger partial charge in [-0.2, -0.15) is 0 Å². The van der Waals surface area contributed by atoms with Gasteiger partial charge in [0.05, 0.1) is 54.2 Å². The summed E-state index contributed by atoms with van der Waals surface area (Å²) in [7, 11) is 0. The lowest BCUT2D eigenvalue weighted by Gasteiger charge is -2.20. The van der Waals surface area contributed by atoms with Gasteiger partial charge in [0.1, 0.15) is 41.6 Å². The van der Waals surface area contributed by atoms with E-state index in [4.69, 9.17) is 13.3 Å². The quantitative estimate of drug-likeness (QED) is 0.125. The monoisotopic (exact) mass is 1460 g/mol. The molecule has 0 fully saturated rings. The van der Waals surface area contributed by atoms with Gasteiger partial charge in [0.2, 0.25) is 5.89 Å². The molecule has 8 heterocycles. The van der Waals surface area contributed by atoms with E-state index >= 15 is 0 Å². The minimum absolute atomic E-state index is 0.109. The fraction of sp³-hybridized carbons (Fsp3) is 0.133. The number of hydrogen-bond donors (Lipinski definition) is 0. The van der Waals surface area contributed by atoms with Crippen molar-refractivity contribution in [2.75, 3.05) is 4.90 Å². The van der Waals surface area contributed by atoms with Crippen LogP contribution in [0.25, 0.3) is 84.4 Å². The molecular formula is C90H84N14O4S. The van der Waals surface area contributed by atoms with Crippen LogP contribution in [0.5, 0.6) is 0 Å². The first kappa shape index (κ1) is 75.2. The molecule has 0 aliphatic rings. The van der Waals surface area contributed by atoms with E-state index in [1.165, 1.54) is 51.8 Å². The van der Waals surface area contributed by atoms with Crippen molar-refractivity contribution < 1.29 is 17.8 Å². The molecule has 0 aliphatic carbocycles. The molecule has 18 aromatic rings. The smallest absolute Gasteiger partial charge is 0.306 e. The normalized spacial score (nSPS) is 11.0. The summed E-state index contributed by atoms with van der Waals surface area (Å²) in [6, 6.07) is 89.8. The summed E-state index contributed by atoms with van der Waals surface area (Å²) in [6.45, 7) is 20.1. The molecule has 0 saturated carbocycles. The number of benzene rings is 10. The number of hydrogen-bond acceptors (Lipinski definition) is 16. The van der Waals surface area contributed by atoms with Gasteiger partial charge in [-0.15, -0.1) is 15.3 Å². The first-order valence-corrected chi connectivity index (χ1v) is 36.4. The highest BCUT2D eigenvalue weighted by atomic mass is 32.1. The van der Waals surface area contributed by atoms with Gasteiger partial charge >= 0.3 is 6.01 Å².